The summed E-state index contributed by atoms with van der Waals surface area (Å²) in [6.07, 6.45) is 5.34. The standard InChI is InChI=1S/C18H23N3O3/c1-3-8-24-17-10-14(23-2)5-6-15(17)18(22)20-13-4-7-16-12(9-13)11-19-21-16/h5-6,10-11,13H,3-4,7-9H2,1-2H3,(H,19,21)(H,20,22)/t13-/m1/s1. The average molecular weight is 329 g/mol. The third-order valence-electron chi connectivity index (χ3n) is 4.25. The van der Waals surface area contributed by atoms with Gasteiger partial charge in [-0.2, -0.15) is 5.10 Å². The predicted molar refractivity (Wildman–Crippen MR) is 90.6 cm³/mol. The molecule has 0 radical (unpaired) electrons. The van der Waals surface area contributed by atoms with Crippen molar-refractivity contribution >= 4 is 5.91 Å². The fraction of sp³-hybridized carbons (Fsp3) is 0.444. The fourth-order valence-electron chi connectivity index (χ4n) is 2.95. The summed E-state index contributed by atoms with van der Waals surface area (Å²) in [6.45, 7) is 2.60. The lowest BCUT2D eigenvalue weighted by molar-refractivity contribution is 0.0929. The number of hydrogen-bond acceptors (Lipinski definition) is 4. The van der Waals surface area contributed by atoms with E-state index in [0.717, 1.165) is 25.7 Å². The second-order valence-corrected chi connectivity index (χ2v) is 6.00. The lowest BCUT2D eigenvalue weighted by atomic mass is 9.93. The van der Waals surface area contributed by atoms with E-state index >= 15 is 0 Å². The SMILES string of the molecule is CCCOc1cc(OC)ccc1C(=O)N[C@@H]1CCc2[nH]ncc2C1. The van der Waals surface area contributed by atoms with Gasteiger partial charge in [0.25, 0.3) is 5.91 Å². The van der Waals surface area contributed by atoms with Crippen LogP contribution in [0, 0.1) is 0 Å². The van der Waals surface area contributed by atoms with Gasteiger partial charge in [0.2, 0.25) is 0 Å². The van der Waals surface area contributed by atoms with Gasteiger partial charge in [-0.05, 0) is 43.4 Å². The molecule has 6 heteroatoms. The highest BCUT2D eigenvalue weighted by Gasteiger charge is 2.23. The molecule has 6 nitrogen and oxygen atoms in total. The Bertz CT molecular complexity index is 711. The maximum atomic E-state index is 12.7. The number of methoxy groups -OCH3 is 1. The lowest BCUT2D eigenvalue weighted by Crippen LogP contribution is -2.38. The molecule has 1 aliphatic carbocycles. The Kier molecular flexibility index (Phi) is 5.03. The quantitative estimate of drug-likeness (QED) is 0.854. The number of fused-ring (bicyclic) bond motifs is 1. The first-order chi connectivity index (χ1) is 11.7. The minimum absolute atomic E-state index is 0.110. The van der Waals surface area contributed by atoms with E-state index in [-0.39, 0.29) is 11.9 Å². The lowest BCUT2D eigenvalue weighted by Gasteiger charge is -2.23. The van der Waals surface area contributed by atoms with Gasteiger partial charge in [-0.3, -0.25) is 9.89 Å². The van der Waals surface area contributed by atoms with Crippen molar-refractivity contribution in [3.63, 3.8) is 0 Å². The van der Waals surface area contributed by atoms with E-state index in [4.69, 9.17) is 9.47 Å². The molecule has 2 aromatic rings. The number of amides is 1. The molecule has 0 spiro atoms. The first-order valence-corrected chi connectivity index (χ1v) is 8.34. The number of aromatic amines is 1. The highest BCUT2D eigenvalue weighted by molar-refractivity contribution is 5.97. The van der Waals surface area contributed by atoms with Crippen LogP contribution in [-0.4, -0.2) is 35.9 Å². The van der Waals surface area contributed by atoms with E-state index in [1.54, 1.807) is 25.3 Å². The van der Waals surface area contributed by atoms with Crippen LogP contribution in [0.1, 0.15) is 41.4 Å². The summed E-state index contributed by atoms with van der Waals surface area (Å²) in [6, 6.07) is 5.41. The van der Waals surface area contributed by atoms with E-state index in [1.807, 2.05) is 13.1 Å². The highest BCUT2D eigenvalue weighted by Crippen LogP contribution is 2.26. The van der Waals surface area contributed by atoms with Crippen LogP contribution in [0.15, 0.2) is 24.4 Å². The van der Waals surface area contributed by atoms with E-state index in [2.05, 4.69) is 15.5 Å². The molecule has 1 atom stereocenters. The molecule has 3 rings (SSSR count). The number of aryl methyl sites for hydroxylation is 1. The number of aromatic nitrogens is 2. The van der Waals surface area contributed by atoms with Crippen LogP contribution >= 0.6 is 0 Å². The summed E-state index contributed by atoms with van der Waals surface area (Å²) >= 11 is 0. The van der Waals surface area contributed by atoms with Crippen LogP contribution in [0.5, 0.6) is 11.5 Å². The topological polar surface area (TPSA) is 76.2 Å². The second kappa shape index (κ2) is 7.38. The van der Waals surface area contributed by atoms with Gasteiger partial charge in [-0.1, -0.05) is 6.92 Å². The van der Waals surface area contributed by atoms with Crippen LogP contribution in [0.3, 0.4) is 0 Å². The van der Waals surface area contributed by atoms with E-state index in [1.165, 1.54) is 11.3 Å². The molecule has 1 aromatic carbocycles. The smallest absolute Gasteiger partial charge is 0.255 e. The maximum Gasteiger partial charge on any atom is 0.255 e. The van der Waals surface area contributed by atoms with Crippen molar-refractivity contribution in [2.45, 2.75) is 38.6 Å². The summed E-state index contributed by atoms with van der Waals surface area (Å²) in [5, 5.41) is 10.2. The van der Waals surface area contributed by atoms with Gasteiger partial charge in [0, 0.05) is 17.8 Å². The molecule has 1 aliphatic rings. The van der Waals surface area contributed by atoms with Gasteiger partial charge < -0.3 is 14.8 Å². The Labute approximate surface area is 141 Å². The van der Waals surface area contributed by atoms with Crippen molar-refractivity contribution in [3.8, 4) is 11.5 Å². The maximum absolute atomic E-state index is 12.7. The van der Waals surface area contributed by atoms with Crippen molar-refractivity contribution in [3.05, 3.63) is 41.2 Å². The molecule has 0 bridgehead atoms. The monoisotopic (exact) mass is 329 g/mol. The number of nitrogens with one attached hydrogen (secondary N) is 2. The van der Waals surface area contributed by atoms with Crippen molar-refractivity contribution < 1.29 is 14.3 Å². The fourth-order valence-corrected chi connectivity index (χ4v) is 2.95. The molecule has 0 saturated carbocycles. The van der Waals surface area contributed by atoms with Gasteiger partial charge in [0.05, 0.1) is 25.5 Å². The molecular weight excluding hydrogens is 306 g/mol. The van der Waals surface area contributed by atoms with Crippen LogP contribution in [0.4, 0.5) is 0 Å². The van der Waals surface area contributed by atoms with Crippen LogP contribution in [0.25, 0.3) is 0 Å². The molecule has 1 heterocycles. The Morgan fingerprint density at radius 1 is 1.46 bits per heavy atom. The number of H-pyrrole nitrogens is 1. The molecular formula is C18H23N3O3. The molecule has 128 valence electrons. The first kappa shape index (κ1) is 16.4. The first-order valence-electron chi connectivity index (χ1n) is 8.34. The molecule has 1 aromatic heterocycles. The minimum atomic E-state index is -0.110. The average Bonchev–Trinajstić information content (AvgIpc) is 3.07. The Morgan fingerprint density at radius 2 is 2.33 bits per heavy atom. The zero-order valence-electron chi connectivity index (χ0n) is 14.1. The highest BCUT2D eigenvalue weighted by atomic mass is 16.5. The van der Waals surface area contributed by atoms with Crippen LogP contribution < -0.4 is 14.8 Å². The number of carbonyl (C=O) groups excluding carboxylic acids is 1. The molecule has 0 aliphatic heterocycles. The summed E-state index contributed by atoms with van der Waals surface area (Å²) in [4.78, 5) is 12.7. The number of ether oxygens (including phenoxy) is 2. The van der Waals surface area contributed by atoms with E-state index < -0.39 is 0 Å². The van der Waals surface area contributed by atoms with Crippen molar-refractivity contribution in [1.29, 1.82) is 0 Å². The third-order valence-corrected chi connectivity index (χ3v) is 4.25. The molecule has 2 N–H and O–H groups in total. The number of hydrogen-bond donors (Lipinski definition) is 2. The summed E-state index contributed by atoms with van der Waals surface area (Å²) in [5.74, 6) is 1.13. The van der Waals surface area contributed by atoms with E-state index in [9.17, 15) is 4.79 Å². The number of nitrogens with zero attached hydrogens (tertiary/aromatic N) is 1. The largest absolute Gasteiger partial charge is 0.497 e. The van der Waals surface area contributed by atoms with Crippen molar-refractivity contribution in [2.75, 3.05) is 13.7 Å². The molecule has 1 amide bonds. The number of benzene rings is 1. The zero-order valence-corrected chi connectivity index (χ0v) is 14.1. The van der Waals surface area contributed by atoms with Crippen molar-refractivity contribution in [1.82, 2.24) is 15.5 Å². The Morgan fingerprint density at radius 3 is 3.12 bits per heavy atom. The summed E-state index contributed by atoms with van der Waals surface area (Å²) in [5.41, 5.74) is 2.91. The summed E-state index contributed by atoms with van der Waals surface area (Å²) < 4.78 is 11.0. The molecule has 0 fully saturated rings. The molecule has 24 heavy (non-hydrogen) atoms. The van der Waals surface area contributed by atoms with Gasteiger partial charge >= 0.3 is 0 Å². The van der Waals surface area contributed by atoms with Crippen LogP contribution in [-0.2, 0) is 12.8 Å². The Balaban J connectivity index is 1.72. The van der Waals surface area contributed by atoms with Gasteiger partial charge in [-0.25, -0.2) is 0 Å². The van der Waals surface area contributed by atoms with E-state index in [0.29, 0.717) is 23.7 Å². The Hall–Kier alpha value is -2.50. The zero-order chi connectivity index (χ0) is 16.9. The minimum Gasteiger partial charge on any atom is -0.497 e. The predicted octanol–water partition coefficient (Wildman–Crippen LogP) is 2.49. The van der Waals surface area contributed by atoms with Crippen molar-refractivity contribution in [2.24, 2.45) is 0 Å². The second-order valence-electron chi connectivity index (χ2n) is 6.00. The normalized spacial score (nSPS) is 16.3. The van der Waals surface area contributed by atoms with Gasteiger partial charge in [-0.15, -0.1) is 0 Å². The summed E-state index contributed by atoms with van der Waals surface area (Å²) in [7, 11) is 1.60. The number of rotatable bonds is 6. The van der Waals surface area contributed by atoms with Crippen LogP contribution in [0.2, 0.25) is 0 Å². The van der Waals surface area contributed by atoms with Gasteiger partial charge in [0.1, 0.15) is 11.5 Å². The molecule has 0 unspecified atom stereocenters. The number of carbonyl (C=O) groups is 1. The molecule has 0 saturated heterocycles. The van der Waals surface area contributed by atoms with Gasteiger partial charge in [0.15, 0.2) is 0 Å². The third kappa shape index (κ3) is 3.53.